The lowest BCUT2D eigenvalue weighted by Crippen LogP contribution is -2.56. The maximum absolute atomic E-state index is 13.3. The van der Waals surface area contributed by atoms with Crippen molar-refractivity contribution >= 4 is 35.0 Å². The zero-order valence-electron chi connectivity index (χ0n) is 15.6. The Morgan fingerprint density at radius 1 is 1.10 bits per heavy atom. The highest BCUT2D eigenvalue weighted by Crippen LogP contribution is 2.45. The number of nitrogens with zero attached hydrogens (tertiary/aromatic N) is 3. The third kappa shape index (κ3) is 3.28. The largest absolute Gasteiger partial charge is 0.324 e. The summed E-state index contributed by atoms with van der Waals surface area (Å²) in [5.74, 6) is 0.706. The zero-order chi connectivity index (χ0) is 19.8. The third-order valence-electron chi connectivity index (χ3n) is 5.59. The molecule has 0 saturated heterocycles. The molecular weight excluding hydrogens is 406 g/mol. The van der Waals surface area contributed by atoms with Gasteiger partial charge in [0.2, 0.25) is 11.1 Å². The van der Waals surface area contributed by atoms with Gasteiger partial charge in [-0.05, 0) is 25.0 Å². The minimum absolute atomic E-state index is 0.0620. The van der Waals surface area contributed by atoms with E-state index in [9.17, 15) is 4.79 Å². The topological polar surface area (TPSA) is 71.8 Å². The van der Waals surface area contributed by atoms with Gasteiger partial charge in [0.15, 0.2) is 5.82 Å². The van der Waals surface area contributed by atoms with E-state index >= 15 is 0 Å². The molecule has 1 aliphatic heterocycles. The van der Waals surface area contributed by atoms with E-state index in [1.54, 1.807) is 6.07 Å². The smallest absolute Gasteiger partial charge is 0.240 e. The van der Waals surface area contributed by atoms with Crippen molar-refractivity contribution in [2.45, 2.75) is 41.6 Å². The Balaban J connectivity index is 1.49. The minimum atomic E-state index is -0.338. The van der Waals surface area contributed by atoms with Crippen LogP contribution < -0.4 is 10.7 Å². The third-order valence-corrected chi connectivity index (χ3v) is 7.30. The lowest BCUT2D eigenvalue weighted by Gasteiger charge is -2.41. The number of thioether (sulfide) groups is 1. The highest BCUT2D eigenvalue weighted by Gasteiger charge is 2.50. The molecule has 0 bridgehead atoms. The number of benzene rings is 2. The van der Waals surface area contributed by atoms with Gasteiger partial charge in [0, 0.05) is 5.56 Å². The highest BCUT2D eigenvalue weighted by molar-refractivity contribution is 8.00. The van der Waals surface area contributed by atoms with Crippen LogP contribution in [0.4, 0.5) is 5.69 Å². The number of nitrogens with one attached hydrogen (secondary N) is 2. The lowest BCUT2D eigenvalue weighted by molar-refractivity contribution is -0.116. The van der Waals surface area contributed by atoms with Crippen LogP contribution in [-0.4, -0.2) is 31.6 Å². The summed E-state index contributed by atoms with van der Waals surface area (Å²) in [6.07, 6.45) is 4.02. The van der Waals surface area contributed by atoms with Crippen LogP contribution in [0.25, 0.3) is 11.4 Å². The number of hydrogen-bond acceptors (Lipinski definition) is 5. The summed E-state index contributed by atoms with van der Waals surface area (Å²) in [5, 5.41) is 12.7. The highest BCUT2D eigenvalue weighted by atomic mass is 35.5. The molecule has 1 spiro atoms. The van der Waals surface area contributed by atoms with E-state index in [1.165, 1.54) is 11.8 Å². The average molecular weight is 426 g/mol. The molecule has 2 heterocycles. The summed E-state index contributed by atoms with van der Waals surface area (Å²) < 4.78 is 1.95. The summed E-state index contributed by atoms with van der Waals surface area (Å²) in [7, 11) is 0. The summed E-state index contributed by atoms with van der Waals surface area (Å²) in [5.41, 5.74) is 4.91. The molecule has 1 aromatic heterocycles. The molecular formula is C21H20ClN5OS. The van der Waals surface area contributed by atoms with Crippen molar-refractivity contribution in [2.24, 2.45) is 0 Å². The minimum Gasteiger partial charge on any atom is -0.324 e. The molecule has 1 saturated carbocycles. The lowest BCUT2D eigenvalue weighted by atomic mass is 9.92. The van der Waals surface area contributed by atoms with E-state index < -0.39 is 0 Å². The molecule has 1 atom stereocenters. The van der Waals surface area contributed by atoms with Gasteiger partial charge in [-0.1, -0.05) is 78.7 Å². The molecule has 1 amide bonds. The Bertz CT molecular complexity index is 1050. The van der Waals surface area contributed by atoms with Crippen LogP contribution in [0.15, 0.2) is 59.8 Å². The molecule has 1 fully saturated rings. The van der Waals surface area contributed by atoms with Crippen molar-refractivity contribution in [3.63, 3.8) is 0 Å². The molecule has 1 unspecified atom stereocenters. The van der Waals surface area contributed by atoms with Crippen LogP contribution in [0.3, 0.4) is 0 Å². The van der Waals surface area contributed by atoms with Crippen molar-refractivity contribution in [3.05, 3.63) is 59.6 Å². The van der Waals surface area contributed by atoms with Crippen LogP contribution in [0, 0.1) is 0 Å². The fourth-order valence-corrected chi connectivity index (χ4v) is 5.57. The van der Waals surface area contributed by atoms with Gasteiger partial charge < -0.3 is 10.7 Å². The summed E-state index contributed by atoms with van der Waals surface area (Å²) in [4.78, 5) is 13.3. The van der Waals surface area contributed by atoms with E-state index in [0.29, 0.717) is 15.9 Å². The van der Waals surface area contributed by atoms with Crippen LogP contribution in [0.2, 0.25) is 5.02 Å². The first-order valence-electron chi connectivity index (χ1n) is 9.67. The number of fused-ring (bicyclic) bond motifs is 1. The Morgan fingerprint density at radius 2 is 1.83 bits per heavy atom. The molecule has 8 heteroatoms. The van der Waals surface area contributed by atoms with Gasteiger partial charge >= 0.3 is 0 Å². The maximum atomic E-state index is 13.3. The summed E-state index contributed by atoms with van der Waals surface area (Å²) in [6.45, 7) is 0. The first-order valence-corrected chi connectivity index (χ1v) is 10.9. The van der Waals surface area contributed by atoms with E-state index in [0.717, 1.165) is 37.1 Å². The van der Waals surface area contributed by atoms with Gasteiger partial charge in [-0.2, -0.15) is 0 Å². The van der Waals surface area contributed by atoms with Crippen molar-refractivity contribution in [2.75, 3.05) is 10.7 Å². The molecule has 5 rings (SSSR count). The molecule has 2 N–H and O–H groups in total. The van der Waals surface area contributed by atoms with Gasteiger partial charge in [0.25, 0.3) is 0 Å². The number of amides is 1. The zero-order valence-corrected chi connectivity index (χ0v) is 17.2. The molecule has 3 aromatic rings. The quantitative estimate of drug-likeness (QED) is 0.643. The van der Waals surface area contributed by atoms with Gasteiger partial charge in [-0.3, -0.25) is 4.79 Å². The van der Waals surface area contributed by atoms with Crippen LogP contribution in [-0.2, 0) is 4.79 Å². The Hall–Kier alpha value is -2.51. The Morgan fingerprint density at radius 3 is 2.59 bits per heavy atom. The Kier molecular flexibility index (Phi) is 4.72. The second kappa shape index (κ2) is 7.39. The van der Waals surface area contributed by atoms with Crippen LogP contribution >= 0.6 is 23.4 Å². The van der Waals surface area contributed by atoms with Gasteiger partial charge in [-0.15, -0.1) is 10.2 Å². The normalized spacial score (nSPS) is 19.6. The van der Waals surface area contributed by atoms with Crippen LogP contribution in [0.1, 0.15) is 25.7 Å². The first kappa shape index (κ1) is 18.5. The number of halogens is 1. The molecule has 2 aliphatic rings. The SMILES string of the molecule is O=C(Nc1ccccc1Cl)C1Sc2nnc(-c3ccccc3)n2NC12CCCC2. The predicted octanol–water partition coefficient (Wildman–Crippen LogP) is 4.57. The molecule has 1 aliphatic carbocycles. The summed E-state index contributed by atoms with van der Waals surface area (Å²) >= 11 is 7.72. The van der Waals surface area contributed by atoms with Gasteiger partial charge in [0.1, 0.15) is 5.25 Å². The Labute approximate surface area is 178 Å². The second-order valence-corrected chi connectivity index (χ2v) is 8.93. The number of aromatic nitrogens is 3. The monoisotopic (exact) mass is 425 g/mol. The van der Waals surface area contributed by atoms with Crippen molar-refractivity contribution < 1.29 is 4.79 Å². The molecule has 29 heavy (non-hydrogen) atoms. The van der Waals surface area contributed by atoms with E-state index in [-0.39, 0.29) is 16.7 Å². The van der Waals surface area contributed by atoms with E-state index in [4.69, 9.17) is 11.6 Å². The number of hydrogen-bond donors (Lipinski definition) is 2. The average Bonchev–Trinajstić information content (AvgIpc) is 3.37. The number of carbonyl (C=O) groups excluding carboxylic acids is 1. The number of rotatable bonds is 3. The molecule has 2 aromatic carbocycles. The van der Waals surface area contributed by atoms with Crippen molar-refractivity contribution in [1.29, 1.82) is 0 Å². The number of para-hydroxylation sites is 1. The fraction of sp³-hybridized carbons (Fsp3) is 0.286. The predicted molar refractivity (Wildman–Crippen MR) is 116 cm³/mol. The number of carbonyl (C=O) groups is 1. The van der Waals surface area contributed by atoms with Crippen molar-refractivity contribution in [1.82, 2.24) is 14.9 Å². The van der Waals surface area contributed by atoms with E-state index in [1.807, 2.05) is 53.2 Å². The standard InChI is InChI=1S/C21H20ClN5OS/c22-15-10-4-5-11-16(15)23-19(28)17-21(12-6-7-13-21)26-27-18(24-25-20(27)29-17)14-8-2-1-3-9-14/h1-5,8-11,17,26H,6-7,12-13H2,(H,23,28). The van der Waals surface area contributed by atoms with E-state index in [2.05, 4.69) is 20.9 Å². The van der Waals surface area contributed by atoms with Gasteiger partial charge in [-0.25, -0.2) is 4.68 Å². The van der Waals surface area contributed by atoms with Gasteiger partial charge in [0.05, 0.1) is 16.2 Å². The second-order valence-electron chi connectivity index (χ2n) is 7.45. The van der Waals surface area contributed by atoms with Crippen molar-refractivity contribution in [3.8, 4) is 11.4 Å². The molecule has 0 radical (unpaired) electrons. The van der Waals surface area contributed by atoms with Crippen LogP contribution in [0.5, 0.6) is 0 Å². The summed E-state index contributed by atoms with van der Waals surface area (Å²) in [6, 6.07) is 17.3. The first-order chi connectivity index (χ1) is 14.2. The maximum Gasteiger partial charge on any atom is 0.240 e. The fourth-order valence-electron chi connectivity index (χ4n) is 4.17. The molecule has 6 nitrogen and oxygen atoms in total. The number of anilines is 1. The molecule has 148 valence electrons.